The van der Waals surface area contributed by atoms with Crippen LogP contribution < -0.4 is 9.64 Å². The molecule has 184 valence electrons. The first kappa shape index (κ1) is 23.7. The van der Waals surface area contributed by atoms with Gasteiger partial charge in [0.1, 0.15) is 11.5 Å². The summed E-state index contributed by atoms with van der Waals surface area (Å²) in [5, 5.41) is 0.706. The minimum absolute atomic E-state index is 0.0901. The smallest absolute Gasteiger partial charge is 0.457 e. The molecule has 0 N–H and O–H groups in total. The zero-order chi connectivity index (χ0) is 25.4. The third kappa shape index (κ3) is 4.46. The van der Waals surface area contributed by atoms with Gasteiger partial charge in [0, 0.05) is 23.1 Å². The monoisotopic (exact) mass is 492 g/mol. The second kappa shape index (κ2) is 9.18. The summed E-state index contributed by atoms with van der Waals surface area (Å²) < 4.78 is 50.5. The molecule has 0 spiro atoms. The Bertz CT molecular complexity index is 1410. The lowest BCUT2D eigenvalue weighted by molar-refractivity contribution is -0.204. The molecule has 0 bridgehead atoms. The highest BCUT2D eigenvalue weighted by Gasteiger charge is 2.46. The summed E-state index contributed by atoms with van der Waals surface area (Å²) in [5.74, 6) is -1.00. The number of carbonyl (C=O) groups excluding carboxylic acids is 1. The van der Waals surface area contributed by atoms with E-state index in [1.807, 2.05) is 86.6 Å². The molecule has 0 radical (unpaired) electrons. The summed E-state index contributed by atoms with van der Waals surface area (Å²) >= 11 is 0. The second-order valence-corrected chi connectivity index (χ2v) is 8.67. The molecule has 5 rings (SSSR count). The van der Waals surface area contributed by atoms with Crippen LogP contribution in [-0.4, -0.2) is 23.4 Å². The topological polar surface area (TPSA) is 51.7 Å². The van der Waals surface area contributed by atoms with Crippen LogP contribution in [0.4, 0.5) is 18.9 Å². The van der Waals surface area contributed by atoms with E-state index in [1.54, 1.807) is 11.0 Å². The molecule has 1 aromatic heterocycles. The zero-order valence-corrected chi connectivity index (χ0v) is 19.6. The van der Waals surface area contributed by atoms with E-state index in [2.05, 4.69) is 4.98 Å². The Balaban J connectivity index is 1.64. The van der Waals surface area contributed by atoms with Crippen LogP contribution in [0.3, 0.4) is 0 Å². The van der Waals surface area contributed by atoms with E-state index in [0.717, 1.165) is 11.1 Å². The van der Waals surface area contributed by atoms with E-state index >= 15 is 0 Å². The standard InChI is InChI=1S/C28H23F3N2O3/c1-17-22-16-25(36-27(34)28(29,30)31)33(18(2)19-9-5-3-6-10-19)26(22)23-15-21(13-14-24(23)32-17)35-20-11-7-4-8-12-20/h3-15,18,25H,16H2,1-2H3. The fourth-order valence-electron chi connectivity index (χ4n) is 4.65. The number of hydrogen-bond donors (Lipinski definition) is 0. The molecule has 5 nitrogen and oxygen atoms in total. The average Bonchev–Trinajstić information content (AvgIpc) is 3.24. The average molecular weight is 492 g/mol. The summed E-state index contributed by atoms with van der Waals surface area (Å²) in [6.07, 6.45) is -6.15. The lowest BCUT2D eigenvalue weighted by Crippen LogP contribution is -2.41. The lowest BCUT2D eigenvalue weighted by Gasteiger charge is -2.34. The molecule has 2 heterocycles. The van der Waals surface area contributed by atoms with Crippen molar-refractivity contribution < 1.29 is 27.4 Å². The predicted molar refractivity (Wildman–Crippen MR) is 130 cm³/mol. The summed E-state index contributed by atoms with van der Waals surface area (Å²) in [7, 11) is 0. The maximum Gasteiger partial charge on any atom is 0.491 e. The number of rotatable bonds is 5. The molecular formula is C28H23F3N2O3. The second-order valence-electron chi connectivity index (χ2n) is 8.67. The van der Waals surface area contributed by atoms with Gasteiger partial charge >= 0.3 is 12.1 Å². The van der Waals surface area contributed by atoms with Gasteiger partial charge in [-0.15, -0.1) is 0 Å². The number of aryl methyl sites for hydroxylation is 1. The van der Waals surface area contributed by atoms with E-state index in [4.69, 9.17) is 9.47 Å². The number of anilines is 1. The molecule has 4 aromatic rings. The Morgan fingerprint density at radius 2 is 1.67 bits per heavy atom. The van der Waals surface area contributed by atoms with Gasteiger partial charge in [-0.2, -0.15) is 13.2 Å². The number of carbonyl (C=O) groups is 1. The Hall–Kier alpha value is -4.07. The first-order valence-corrected chi connectivity index (χ1v) is 11.5. The molecule has 1 aliphatic rings. The molecule has 36 heavy (non-hydrogen) atoms. The molecule has 2 atom stereocenters. The van der Waals surface area contributed by atoms with Crippen molar-refractivity contribution in [2.45, 2.75) is 38.7 Å². The number of hydrogen-bond acceptors (Lipinski definition) is 5. The van der Waals surface area contributed by atoms with Gasteiger partial charge in [0.05, 0.1) is 17.2 Å². The summed E-state index contributed by atoms with van der Waals surface area (Å²) in [6.45, 7) is 3.69. The van der Waals surface area contributed by atoms with Crippen LogP contribution in [0.15, 0.2) is 78.9 Å². The number of esters is 1. The van der Waals surface area contributed by atoms with Crippen molar-refractivity contribution in [2.24, 2.45) is 0 Å². The van der Waals surface area contributed by atoms with Gasteiger partial charge < -0.3 is 14.4 Å². The fourth-order valence-corrected chi connectivity index (χ4v) is 4.65. The number of nitrogens with zero attached hydrogens (tertiary/aromatic N) is 2. The van der Waals surface area contributed by atoms with Crippen molar-refractivity contribution >= 4 is 22.6 Å². The van der Waals surface area contributed by atoms with Crippen LogP contribution in [0.2, 0.25) is 0 Å². The number of pyridine rings is 1. The summed E-state index contributed by atoms with van der Waals surface area (Å²) in [5.41, 5.74) is 3.64. The van der Waals surface area contributed by atoms with Gasteiger partial charge in [-0.1, -0.05) is 48.5 Å². The molecule has 0 saturated heterocycles. The van der Waals surface area contributed by atoms with Gasteiger partial charge in [-0.3, -0.25) is 4.98 Å². The third-order valence-electron chi connectivity index (χ3n) is 6.33. The first-order chi connectivity index (χ1) is 17.2. The highest BCUT2D eigenvalue weighted by atomic mass is 19.4. The van der Waals surface area contributed by atoms with Crippen LogP contribution >= 0.6 is 0 Å². The van der Waals surface area contributed by atoms with Gasteiger partial charge in [0.25, 0.3) is 0 Å². The summed E-state index contributed by atoms with van der Waals surface area (Å²) in [6, 6.07) is 23.7. The lowest BCUT2D eigenvalue weighted by atomic mass is 10.0. The van der Waals surface area contributed by atoms with Crippen molar-refractivity contribution in [1.82, 2.24) is 4.98 Å². The summed E-state index contributed by atoms with van der Waals surface area (Å²) in [4.78, 5) is 18.3. The van der Waals surface area contributed by atoms with Crippen LogP contribution in [-0.2, 0) is 16.0 Å². The first-order valence-electron chi connectivity index (χ1n) is 11.5. The molecular weight excluding hydrogens is 469 g/mol. The van der Waals surface area contributed by atoms with Gasteiger partial charge in [-0.05, 0) is 49.7 Å². The maximum absolute atomic E-state index is 13.2. The highest BCUT2D eigenvalue weighted by Crippen LogP contribution is 2.45. The van der Waals surface area contributed by atoms with Crippen molar-refractivity contribution in [1.29, 1.82) is 0 Å². The molecule has 0 aliphatic carbocycles. The molecule has 3 aromatic carbocycles. The fraction of sp³-hybridized carbons (Fsp3) is 0.214. The molecule has 0 amide bonds. The minimum Gasteiger partial charge on any atom is -0.457 e. The number of aromatic nitrogens is 1. The van der Waals surface area contributed by atoms with Gasteiger partial charge in [0.15, 0.2) is 6.23 Å². The number of ether oxygens (including phenoxy) is 2. The Morgan fingerprint density at radius 3 is 2.33 bits per heavy atom. The number of halogens is 3. The van der Waals surface area contributed by atoms with E-state index < -0.39 is 18.4 Å². The van der Waals surface area contributed by atoms with Crippen LogP contribution in [0, 0.1) is 6.92 Å². The van der Waals surface area contributed by atoms with Crippen LogP contribution in [0.1, 0.15) is 29.8 Å². The van der Waals surface area contributed by atoms with E-state index in [0.29, 0.717) is 33.8 Å². The Labute approximate surface area is 206 Å². The third-order valence-corrected chi connectivity index (χ3v) is 6.33. The minimum atomic E-state index is -5.09. The molecule has 0 fully saturated rings. The number of fused-ring (bicyclic) bond motifs is 3. The van der Waals surface area contributed by atoms with Gasteiger partial charge in [0.2, 0.25) is 0 Å². The van der Waals surface area contributed by atoms with E-state index in [1.165, 1.54) is 0 Å². The largest absolute Gasteiger partial charge is 0.491 e. The molecule has 1 aliphatic heterocycles. The predicted octanol–water partition coefficient (Wildman–Crippen LogP) is 6.89. The van der Waals surface area contributed by atoms with E-state index in [9.17, 15) is 18.0 Å². The van der Waals surface area contributed by atoms with Crippen molar-refractivity contribution in [3.63, 3.8) is 0 Å². The van der Waals surface area contributed by atoms with Crippen LogP contribution in [0.5, 0.6) is 11.5 Å². The highest BCUT2D eigenvalue weighted by molar-refractivity contribution is 5.96. The van der Waals surface area contributed by atoms with Crippen molar-refractivity contribution in [3.05, 3.63) is 95.7 Å². The number of benzene rings is 3. The van der Waals surface area contributed by atoms with Crippen LogP contribution in [0.25, 0.3) is 10.9 Å². The Morgan fingerprint density at radius 1 is 1.00 bits per heavy atom. The number of alkyl halides is 3. The van der Waals surface area contributed by atoms with E-state index in [-0.39, 0.29) is 12.5 Å². The molecule has 0 saturated carbocycles. The molecule has 8 heteroatoms. The zero-order valence-electron chi connectivity index (χ0n) is 19.6. The SMILES string of the molecule is Cc1nc2ccc(Oc3ccccc3)cc2c2c1CC(OC(=O)C(F)(F)F)N2C(C)c1ccccc1. The Kier molecular flexibility index (Phi) is 6.04. The van der Waals surface area contributed by atoms with Crippen molar-refractivity contribution in [3.8, 4) is 11.5 Å². The normalized spacial score (nSPS) is 16.0. The maximum atomic E-state index is 13.2. The van der Waals surface area contributed by atoms with Crippen molar-refractivity contribution in [2.75, 3.05) is 4.90 Å². The molecule has 2 unspecified atom stereocenters. The quantitative estimate of drug-likeness (QED) is 0.284. The van der Waals surface area contributed by atoms with Gasteiger partial charge in [-0.25, -0.2) is 4.79 Å². The number of para-hydroxylation sites is 1.